The van der Waals surface area contributed by atoms with Crippen LogP contribution in [0.5, 0.6) is 0 Å². The van der Waals surface area contributed by atoms with Gasteiger partial charge in [0.05, 0.1) is 5.60 Å². The van der Waals surface area contributed by atoms with Crippen LogP contribution in [0.15, 0.2) is 23.8 Å². The van der Waals surface area contributed by atoms with E-state index >= 15 is 0 Å². The third-order valence-electron chi connectivity index (χ3n) is 3.57. The summed E-state index contributed by atoms with van der Waals surface area (Å²) in [7, 11) is 0. The predicted molar refractivity (Wildman–Crippen MR) is 70.3 cm³/mol. The summed E-state index contributed by atoms with van der Waals surface area (Å²) in [6.45, 7) is 8.63. The second-order valence-corrected chi connectivity index (χ2v) is 5.75. The van der Waals surface area contributed by atoms with E-state index in [1.54, 1.807) is 0 Å². The average molecular weight is 222 g/mol. The molecule has 1 aliphatic carbocycles. The van der Waals surface area contributed by atoms with Crippen LogP contribution in [0.4, 0.5) is 0 Å². The highest BCUT2D eigenvalue weighted by molar-refractivity contribution is 5.07. The molecular weight excluding hydrogens is 196 g/mol. The highest BCUT2D eigenvalue weighted by Gasteiger charge is 2.18. The summed E-state index contributed by atoms with van der Waals surface area (Å²) in [5.74, 6) is 1.24. The molecule has 0 bridgehead atoms. The Hall–Kier alpha value is -0.560. The molecule has 1 rings (SSSR count). The van der Waals surface area contributed by atoms with Gasteiger partial charge in [-0.2, -0.15) is 0 Å². The van der Waals surface area contributed by atoms with E-state index in [0.29, 0.717) is 11.8 Å². The molecule has 0 aromatic carbocycles. The van der Waals surface area contributed by atoms with Crippen molar-refractivity contribution >= 4 is 0 Å². The molecule has 0 unspecified atom stereocenters. The van der Waals surface area contributed by atoms with Crippen molar-refractivity contribution in [3.63, 3.8) is 0 Å². The van der Waals surface area contributed by atoms with Crippen molar-refractivity contribution in [2.24, 2.45) is 11.8 Å². The van der Waals surface area contributed by atoms with Crippen molar-refractivity contribution in [1.29, 1.82) is 0 Å². The summed E-state index contributed by atoms with van der Waals surface area (Å²) in [4.78, 5) is 0. The molecule has 0 spiro atoms. The van der Waals surface area contributed by atoms with Gasteiger partial charge >= 0.3 is 0 Å². The van der Waals surface area contributed by atoms with E-state index < -0.39 is 5.60 Å². The fraction of sp³-hybridized carbons (Fsp3) is 0.733. The first-order valence-electron chi connectivity index (χ1n) is 6.48. The topological polar surface area (TPSA) is 20.2 Å². The van der Waals surface area contributed by atoms with Gasteiger partial charge in [0.1, 0.15) is 0 Å². The largest absolute Gasteiger partial charge is 0.386 e. The second kappa shape index (κ2) is 5.67. The minimum atomic E-state index is -0.638. The van der Waals surface area contributed by atoms with E-state index in [1.165, 1.54) is 18.4 Å². The molecule has 2 atom stereocenters. The van der Waals surface area contributed by atoms with Crippen molar-refractivity contribution in [1.82, 2.24) is 0 Å². The Morgan fingerprint density at radius 3 is 2.75 bits per heavy atom. The van der Waals surface area contributed by atoms with Crippen molar-refractivity contribution in [3.8, 4) is 0 Å². The van der Waals surface area contributed by atoms with Crippen LogP contribution in [0, 0.1) is 11.8 Å². The van der Waals surface area contributed by atoms with Crippen molar-refractivity contribution < 1.29 is 5.11 Å². The number of allylic oxidation sites excluding steroid dienone is 3. The van der Waals surface area contributed by atoms with E-state index in [1.807, 2.05) is 13.0 Å². The summed E-state index contributed by atoms with van der Waals surface area (Å²) < 4.78 is 0. The Kier molecular flexibility index (Phi) is 4.79. The molecule has 1 heteroatoms. The van der Waals surface area contributed by atoms with Crippen LogP contribution in [0.1, 0.15) is 53.4 Å². The maximum Gasteiger partial charge on any atom is 0.0802 e. The first-order chi connectivity index (χ1) is 7.41. The van der Waals surface area contributed by atoms with Gasteiger partial charge in [0.2, 0.25) is 0 Å². The quantitative estimate of drug-likeness (QED) is 0.663. The number of hydrogen-bond donors (Lipinski definition) is 1. The molecule has 0 aliphatic heterocycles. The first kappa shape index (κ1) is 13.5. The Balaban J connectivity index is 2.79. The van der Waals surface area contributed by atoms with Gasteiger partial charge in [-0.25, -0.2) is 0 Å². The lowest BCUT2D eigenvalue weighted by molar-refractivity contribution is 0.102. The van der Waals surface area contributed by atoms with Crippen LogP contribution in [-0.4, -0.2) is 10.7 Å². The minimum Gasteiger partial charge on any atom is -0.386 e. The summed E-state index contributed by atoms with van der Waals surface area (Å²) in [6, 6.07) is 0. The lowest BCUT2D eigenvalue weighted by atomic mass is 9.86. The highest BCUT2D eigenvalue weighted by atomic mass is 16.3. The van der Waals surface area contributed by atoms with E-state index in [2.05, 4.69) is 32.9 Å². The molecule has 1 nitrogen and oxygen atoms in total. The minimum absolute atomic E-state index is 0.591. The third kappa shape index (κ3) is 4.52. The normalized spacial score (nSPS) is 37.9. The molecular formula is C15H26O. The standard InChI is InChI=1S/C15H26O/c1-12(2)14-8-7-13(3)6-5-10-15(4,16)11-9-14/h6,9,11-12,14,16H,5,7-8,10H2,1-4H3/b11-9+,13-6+/t14-,15+/m0/s1. The Labute approximate surface area is 100 Å². The molecule has 0 aromatic rings. The molecule has 0 radical (unpaired) electrons. The summed E-state index contributed by atoms with van der Waals surface area (Å²) in [5, 5.41) is 10.2. The Morgan fingerprint density at radius 2 is 2.12 bits per heavy atom. The fourth-order valence-corrected chi connectivity index (χ4v) is 2.17. The van der Waals surface area contributed by atoms with E-state index in [9.17, 15) is 5.11 Å². The number of hydrogen-bond acceptors (Lipinski definition) is 1. The summed E-state index contributed by atoms with van der Waals surface area (Å²) in [5.41, 5.74) is 0.832. The summed E-state index contributed by atoms with van der Waals surface area (Å²) >= 11 is 0. The van der Waals surface area contributed by atoms with Gasteiger partial charge in [0.25, 0.3) is 0 Å². The van der Waals surface area contributed by atoms with Crippen LogP contribution in [0.2, 0.25) is 0 Å². The van der Waals surface area contributed by atoms with Gasteiger partial charge < -0.3 is 5.11 Å². The van der Waals surface area contributed by atoms with Crippen molar-refractivity contribution in [3.05, 3.63) is 23.8 Å². The van der Waals surface area contributed by atoms with Crippen LogP contribution >= 0.6 is 0 Å². The molecule has 0 saturated heterocycles. The molecule has 0 saturated carbocycles. The molecule has 0 aromatic heterocycles. The lowest BCUT2D eigenvalue weighted by Gasteiger charge is -2.23. The van der Waals surface area contributed by atoms with Gasteiger partial charge in [0, 0.05) is 0 Å². The van der Waals surface area contributed by atoms with E-state index in [0.717, 1.165) is 12.8 Å². The maximum absolute atomic E-state index is 10.2. The van der Waals surface area contributed by atoms with Crippen molar-refractivity contribution in [2.75, 3.05) is 0 Å². The van der Waals surface area contributed by atoms with E-state index in [-0.39, 0.29) is 0 Å². The molecule has 92 valence electrons. The molecule has 1 aliphatic rings. The van der Waals surface area contributed by atoms with Gasteiger partial charge in [-0.05, 0) is 51.4 Å². The zero-order valence-electron chi connectivity index (χ0n) is 11.2. The Bertz CT molecular complexity index is 271. The number of rotatable bonds is 1. The Morgan fingerprint density at radius 1 is 1.44 bits per heavy atom. The third-order valence-corrected chi connectivity index (χ3v) is 3.57. The molecule has 1 N–H and O–H groups in total. The monoisotopic (exact) mass is 222 g/mol. The van der Waals surface area contributed by atoms with Gasteiger partial charge in [0.15, 0.2) is 0 Å². The zero-order chi connectivity index (χ0) is 12.2. The van der Waals surface area contributed by atoms with E-state index in [4.69, 9.17) is 0 Å². The molecule has 16 heavy (non-hydrogen) atoms. The second-order valence-electron chi connectivity index (χ2n) is 5.75. The highest BCUT2D eigenvalue weighted by Crippen LogP contribution is 2.25. The van der Waals surface area contributed by atoms with Crippen LogP contribution < -0.4 is 0 Å². The predicted octanol–water partition coefficient (Wildman–Crippen LogP) is 4.09. The maximum atomic E-state index is 10.2. The van der Waals surface area contributed by atoms with Gasteiger partial charge in [-0.3, -0.25) is 0 Å². The number of aliphatic hydroxyl groups is 1. The molecule has 0 amide bonds. The average Bonchev–Trinajstić information content (AvgIpc) is 2.16. The first-order valence-corrected chi connectivity index (χ1v) is 6.48. The van der Waals surface area contributed by atoms with Gasteiger partial charge in [-0.1, -0.05) is 37.6 Å². The SMILES string of the molecule is C/C1=C\CC[C@@](C)(O)/C=C/[C@@H](C(C)C)CC1. The van der Waals surface area contributed by atoms with Crippen LogP contribution in [-0.2, 0) is 0 Å². The smallest absolute Gasteiger partial charge is 0.0802 e. The fourth-order valence-electron chi connectivity index (χ4n) is 2.17. The van der Waals surface area contributed by atoms with Crippen LogP contribution in [0.3, 0.4) is 0 Å². The zero-order valence-corrected chi connectivity index (χ0v) is 11.2. The lowest BCUT2D eigenvalue weighted by Crippen LogP contribution is -2.21. The van der Waals surface area contributed by atoms with Crippen LogP contribution in [0.25, 0.3) is 0 Å². The molecule has 0 fully saturated rings. The van der Waals surface area contributed by atoms with Crippen molar-refractivity contribution in [2.45, 2.75) is 59.0 Å². The van der Waals surface area contributed by atoms with Gasteiger partial charge in [-0.15, -0.1) is 0 Å². The summed E-state index contributed by atoms with van der Waals surface area (Å²) in [6.07, 6.45) is 10.7. The molecule has 0 heterocycles.